The van der Waals surface area contributed by atoms with Gasteiger partial charge >= 0.3 is 5.97 Å². The quantitative estimate of drug-likeness (QED) is 0.698. The van der Waals surface area contributed by atoms with E-state index in [2.05, 4.69) is 5.32 Å². The topological polar surface area (TPSA) is 58.6 Å². The normalized spacial score (nSPS) is 22.2. The minimum absolute atomic E-state index is 0.00884. The molecular formula is C12H23NO3. The highest BCUT2D eigenvalue weighted by molar-refractivity contribution is 5.78. The van der Waals surface area contributed by atoms with Gasteiger partial charge in [-0.3, -0.25) is 4.79 Å². The average Bonchev–Trinajstić information content (AvgIpc) is 2.11. The molecule has 0 radical (unpaired) electrons. The lowest BCUT2D eigenvalue weighted by molar-refractivity contribution is -0.147. The van der Waals surface area contributed by atoms with E-state index in [-0.39, 0.29) is 6.10 Å². The van der Waals surface area contributed by atoms with E-state index in [0.717, 1.165) is 12.8 Å². The molecule has 1 fully saturated rings. The summed E-state index contributed by atoms with van der Waals surface area (Å²) in [5.74, 6) is -0.807. The minimum Gasteiger partial charge on any atom is -0.480 e. The number of carbonyl (C=O) groups is 1. The lowest BCUT2D eigenvalue weighted by atomic mass is 9.93. The van der Waals surface area contributed by atoms with Crippen LogP contribution in [0.5, 0.6) is 0 Å². The van der Waals surface area contributed by atoms with Crippen molar-refractivity contribution < 1.29 is 14.6 Å². The van der Waals surface area contributed by atoms with Gasteiger partial charge in [-0.2, -0.15) is 0 Å². The molecule has 4 heteroatoms. The predicted octanol–water partition coefficient (Wildman–Crippen LogP) is 1.79. The van der Waals surface area contributed by atoms with E-state index in [1.807, 2.05) is 13.8 Å². The van der Waals surface area contributed by atoms with Crippen LogP contribution in [-0.2, 0) is 9.53 Å². The Kier molecular flexibility index (Phi) is 4.74. The second kappa shape index (κ2) is 5.64. The second-order valence-electron chi connectivity index (χ2n) is 4.87. The predicted molar refractivity (Wildman–Crippen MR) is 62.5 cm³/mol. The van der Waals surface area contributed by atoms with Crippen molar-refractivity contribution in [2.45, 2.75) is 64.2 Å². The van der Waals surface area contributed by atoms with Crippen molar-refractivity contribution in [1.82, 2.24) is 5.32 Å². The average molecular weight is 229 g/mol. The summed E-state index contributed by atoms with van der Waals surface area (Å²) in [5, 5.41) is 12.2. The molecule has 0 bridgehead atoms. The number of aliphatic carboxylic acids is 1. The summed E-state index contributed by atoms with van der Waals surface area (Å²) < 4.78 is 5.78. The summed E-state index contributed by atoms with van der Waals surface area (Å²) in [5.41, 5.74) is -0.877. The van der Waals surface area contributed by atoms with Gasteiger partial charge in [0.15, 0.2) is 0 Å². The number of hydrogen-bond acceptors (Lipinski definition) is 3. The summed E-state index contributed by atoms with van der Waals surface area (Å²) in [6.45, 7) is 6.24. The lowest BCUT2D eigenvalue weighted by Crippen LogP contribution is -2.51. The van der Waals surface area contributed by atoms with Gasteiger partial charge in [0.05, 0.1) is 12.2 Å². The van der Waals surface area contributed by atoms with Crippen molar-refractivity contribution in [3.05, 3.63) is 0 Å². The van der Waals surface area contributed by atoms with E-state index in [1.54, 1.807) is 6.92 Å². The van der Waals surface area contributed by atoms with Crippen LogP contribution in [0.4, 0.5) is 0 Å². The molecule has 0 saturated heterocycles. The molecule has 0 aliphatic heterocycles. The van der Waals surface area contributed by atoms with Crippen LogP contribution in [0.3, 0.4) is 0 Å². The van der Waals surface area contributed by atoms with Crippen LogP contribution in [0.2, 0.25) is 0 Å². The molecular weight excluding hydrogens is 206 g/mol. The number of carboxylic acids is 1. The van der Waals surface area contributed by atoms with Gasteiger partial charge < -0.3 is 15.2 Å². The first-order valence-corrected chi connectivity index (χ1v) is 6.12. The van der Waals surface area contributed by atoms with Gasteiger partial charge in [-0.15, -0.1) is 0 Å². The van der Waals surface area contributed by atoms with E-state index in [1.165, 1.54) is 6.42 Å². The van der Waals surface area contributed by atoms with E-state index >= 15 is 0 Å². The lowest BCUT2D eigenvalue weighted by Gasteiger charge is -2.33. The zero-order valence-electron chi connectivity index (χ0n) is 10.5. The molecule has 1 saturated carbocycles. The molecule has 0 aromatic carbocycles. The Labute approximate surface area is 97.4 Å². The van der Waals surface area contributed by atoms with Crippen molar-refractivity contribution >= 4 is 5.97 Å². The first-order valence-electron chi connectivity index (χ1n) is 6.12. The summed E-state index contributed by atoms with van der Waals surface area (Å²) in [6.07, 6.45) is 4.33. The summed E-state index contributed by atoms with van der Waals surface area (Å²) in [4.78, 5) is 11.2. The number of likely N-dealkylation sites (N-methyl/N-ethyl adjacent to an activating group) is 1. The van der Waals surface area contributed by atoms with Crippen LogP contribution >= 0.6 is 0 Å². The van der Waals surface area contributed by atoms with Crippen molar-refractivity contribution in [3.8, 4) is 0 Å². The van der Waals surface area contributed by atoms with Gasteiger partial charge in [-0.1, -0.05) is 6.92 Å². The molecule has 1 aliphatic rings. The monoisotopic (exact) mass is 229 g/mol. The van der Waals surface area contributed by atoms with E-state index in [9.17, 15) is 9.90 Å². The smallest absolute Gasteiger partial charge is 0.323 e. The van der Waals surface area contributed by atoms with Crippen LogP contribution in [0, 0.1) is 0 Å². The summed E-state index contributed by atoms with van der Waals surface area (Å²) in [7, 11) is 0. The van der Waals surface area contributed by atoms with Gasteiger partial charge in [0.1, 0.15) is 5.54 Å². The highest BCUT2D eigenvalue weighted by atomic mass is 16.5. The second-order valence-corrected chi connectivity index (χ2v) is 4.87. The van der Waals surface area contributed by atoms with Gasteiger partial charge in [0.2, 0.25) is 0 Å². The first kappa shape index (κ1) is 13.5. The van der Waals surface area contributed by atoms with Gasteiger partial charge in [-0.25, -0.2) is 0 Å². The number of hydrogen-bond donors (Lipinski definition) is 2. The fourth-order valence-corrected chi connectivity index (χ4v) is 2.08. The number of nitrogens with one attached hydrogen (secondary N) is 1. The maximum atomic E-state index is 11.2. The molecule has 0 amide bonds. The zero-order chi connectivity index (χ0) is 12.2. The van der Waals surface area contributed by atoms with E-state index in [0.29, 0.717) is 19.1 Å². The SMILES string of the molecule is CCNC(C)(CC(C)OC1CCC1)C(=O)O. The highest BCUT2D eigenvalue weighted by Gasteiger charge is 2.35. The Balaban J connectivity index is 2.43. The van der Waals surface area contributed by atoms with Gasteiger partial charge in [0.25, 0.3) is 0 Å². The maximum absolute atomic E-state index is 11.2. The van der Waals surface area contributed by atoms with Gasteiger partial charge in [0, 0.05) is 6.42 Å². The van der Waals surface area contributed by atoms with Crippen LogP contribution in [-0.4, -0.2) is 35.4 Å². The van der Waals surface area contributed by atoms with Crippen molar-refractivity contribution in [2.75, 3.05) is 6.54 Å². The van der Waals surface area contributed by atoms with Crippen LogP contribution < -0.4 is 5.32 Å². The molecule has 16 heavy (non-hydrogen) atoms. The van der Waals surface area contributed by atoms with Crippen LogP contribution in [0.25, 0.3) is 0 Å². The third-order valence-corrected chi connectivity index (χ3v) is 3.21. The standard InChI is InChI=1S/C12H23NO3/c1-4-13-12(3,11(14)15)8-9(2)16-10-6-5-7-10/h9-10,13H,4-8H2,1-3H3,(H,14,15). The Hall–Kier alpha value is -0.610. The summed E-state index contributed by atoms with van der Waals surface area (Å²) >= 11 is 0. The molecule has 94 valence electrons. The maximum Gasteiger partial charge on any atom is 0.323 e. The molecule has 0 aromatic heterocycles. The van der Waals surface area contributed by atoms with Gasteiger partial charge in [-0.05, 0) is 39.7 Å². The molecule has 2 unspecified atom stereocenters. The molecule has 0 aromatic rings. The fourth-order valence-electron chi connectivity index (χ4n) is 2.08. The number of carboxylic acid groups (broad SMARTS) is 1. The highest BCUT2D eigenvalue weighted by Crippen LogP contribution is 2.25. The first-order chi connectivity index (χ1) is 7.48. The Morgan fingerprint density at radius 3 is 2.62 bits per heavy atom. The zero-order valence-corrected chi connectivity index (χ0v) is 10.5. The largest absolute Gasteiger partial charge is 0.480 e. The molecule has 0 spiro atoms. The van der Waals surface area contributed by atoms with Crippen molar-refractivity contribution in [2.24, 2.45) is 0 Å². The number of ether oxygens (including phenoxy) is 1. The Morgan fingerprint density at radius 1 is 1.62 bits per heavy atom. The number of rotatable bonds is 7. The molecule has 0 heterocycles. The van der Waals surface area contributed by atoms with E-state index in [4.69, 9.17) is 4.74 Å². The molecule has 1 rings (SSSR count). The minimum atomic E-state index is -0.877. The Morgan fingerprint density at radius 2 is 2.25 bits per heavy atom. The molecule has 2 N–H and O–H groups in total. The van der Waals surface area contributed by atoms with Crippen LogP contribution in [0.1, 0.15) is 46.5 Å². The van der Waals surface area contributed by atoms with Crippen LogP contribution in [0.15, 0.2) is 0 Å². The van der Waals surface area contributed by atoms with Crippen molar-refractivity contribution in [1.29, 1.82) is 0 Å². The molecule has 1 aliphatic carbocycles. The molecule has 4 nitrogen and oxygen atoms in total. The van der Waals surface area contributed by atoms with E-state index < -0.39 is 11.5 Å². The third-order valence-electron chi connectivity index (χ3n) is 3.21. The fraction of sp³-hybridized carbons (Fsp3) is 0.917. The Bertz CT molecular complexity index is 240. The molecule has 2 atom stereocenters. The summed E-state index contributed by atoms with van der Waals surface area (Å²) in [6, 6.07) is 0. The third kappa shape index (κ3) is 3.46. The van der Waals surface area contributed by atoms with Crippen molar-refractivity contribution in [3.63, 3.8) is 0 Å².